The van der Waals surface area contributed by atoms with Gasteiger partial charge < -0.3 is 14.9 Å². The number of hydrogen-bond donors (Lipinski definition) is 1. The molecular formula is C14H21N3O3. The highest BCUT2D eigenvalue weighted by Gasteiger charge is 2.34. The highest BCUT2D eigenvalue weighted by molar-refractivity contribution is 5.93. The van der Waals surface area contributed by atoms with Gasteiger partial charge in [-0.3, -0.25) is 4.79 Å². The molecular weight excluding hydrogens is 258 g/mol. The molecule has 0 atom stereocenters. The molecule has 6 heteroatoms. The van der Waals surface area contributed by atoms with Gasteiger partial charge in [0.15, 0.2) is 0 Å². The molecule has 0 aromatic carbocycles. The van der Waals surface area contributed by atoms with Gasteiger partial charge in [0.1, 0.15) is 11.4 Å². The van der Waals surface area contributed by atoms with Gasteiger partial charge in [0, 0.05) is 26.8 Å². The van der Waals surface area contributed by atoms with Crippen LogP contribution >= 0.6 is 0 Å². The van der Waals surface area contributed by atoms with Crippen molar-refractivity contribution in [2.45, 2.75) is 26.3 Å². The van der Waals surface area contributed by atoms with Gasteiger partial charge in [-0.25, -0.2) is 9.78 Å². The zero-order chi connectivity index (χ0) is 15.5. The molecule has 0 aliphatic rings. The summed E-state index contributed by atoms with van der Waals surface area (Å²) in [6.07, 6.45) is 1.47. The molecule has 6 nitrogen and oxygen atoms in total. The number of aromatic nitrogens is 1. The minimum absolute atomic E-state index is 0.135. The third-order valence-electron chi connectivity index (χ3n) is 3.19. The second kappa shape index (κ2) is 5.90. The lowest BCUT2D eigenvalue weighted by atomic mass is 10.0. The van der Waals surface area contributed by atoms with Crippen molar-refractivity contribution in [3.8, 4) is 0 Å². The predicted octanol–water partition coefficient (Wildman–Crippen LogP) is 1.47. The molecule has 1 N–H and O–H groups in total. The summed E-state index contributed by atoms with van der Waals surface area (Å²) in [5, 5.41) is 9.29. The number of carboxylic acid groups (broad SMARTS) is 1. The van der Waals surface area contributed by atoms with Gasteiger partial charge in [0.2, 0.25) is 0 Å². The van der Waals surface area contributed by atoms with Crippen molar-refractivity contribution < 1.29 is 14.7 Å². The van der Waals surface area contributed by atoms with Gasteiger partial charge in [-0.2, -0.15) is 0 Å². The Balaban J connectivity index is 3.08. The molecule has 0 saturated heterocycles. The summed E-state index contributed by atoms with van der Waals surface area (Å²) >= 11 is 0. The third-order valence-corrected chi connectivity index (χ3v) is 3.19. The summed E-state index contributed by atoms with van der Waals surface area (Å²) in [6, 6.07) is 3.33. The summed E-state index contributed by atoms with van der Waals surface area (Å²) in [5.74, 6) is -0.519. The molecule has 1 heterocycles. The first-order valence-corrected chi connectivity index (χ1v) is 6.40. The van der Waals surface area contributed by atoms with Crippen LogP contribution in [-0.4, -0.2) is 53.0 Å². The Morgan fingerprint density at radius 1 is 1.30 bits per heavy atom. The highest BCUT2D eigenvalue weighted by Crippen LogP contribution is 2.22. The summed E-state index contributed by atoms with van der Waals surface area (Å²) in [4.78, 5) is 30.5. The van der Waals surface area contributed by atoms with E-state index in [4.69, 9.17) is 0 Å². The van der Waals surface area contributed by atoms with Gasteiger partial charge in [-0.1, -0.05) is 0 Å². The number of pyridine rings is 1. The SMILES string of the molecule is CCN(c1ccc(C(=O)N(C)C)cn1)C(C)(C)C(=O)O. The predicted molar refractivity (Wildman–Crippen MR) is 77.0 cm³/mol. The quantitative estimate of drug-likeness (QED) is 0.883. The Labute approximate surface area is 119 Å². The molecule has 1 aromatic heterocycles. The highest BCUT2D eigenvalue weighted by atomic mass is 16.4. The van der Waals surface area contributed by atoms with Gasteiger partial charge in [0.05, 0.1) is 5.56 Å². The average Bonchev–Trinajstić information content (AvgIpc) is 2.39. The molecule has 0 fully saturated rings. The molecule has 0 bridgehead atoms. The minimum Gasteiger partial charge on any atom is -0.480 e. The third kappa shape index (κ3) is 3.07. The monoisotopic (exact) mass is 279 g/mol. The largest absolute Gasteiger partial charge is 0.480 e. The number of carbonyl (C=O) groups is 2. The lowest BCUT2D eigenvalue weighted by Gasteiger charge is -2.35. The fourth-order valence-corrected chi connectivity index (χ4v) is 1.89. The fraction of sp³-hybridized carbons (Fsp3) is 0.500. The lowest BCUT2D eigenvalue weighted by Crippen LogP contribution is -2.50. The van der Waals surface area contributed by atoms with E-state index in [0.29, 0.717) is 17.9 Å². The van der Waals surface area contributed by atoms with E-state index in [2.05, 4.69) is 4.98 Å². The molecule has 1 aromatic rings. The lowest BCUT2D eigenvalue weighted by molar-refractivity contribution is -0.142. The number of carboxylic acids is 1. The molecule has 0 unspecified atom stereocenters. The van der Waals surface area contributed by atoms with E-state index in [-0.39, 0.29) is 5.91 Å². The molecule has 1 rings (SSSR count). The normalized spacial score (nSPS) is 11.1. The van der Waals surface area contributed by atoms with E-state index in [1.165, 1.54) is 11.1 Å². The summed E-state index contributed by atoms with van der Waals surface area (Å²) in [5.41, 5.74) is -0.586. The first-order valence-electron chi connectivity index (χ1n) is 6.40. The molecule has 0 spiro atoms. The van der Waals surface area contributed by atoms with Crippen molar-refractivity contribution in [2.24, 2.45) is 0 Å². The van der Waals surface area contributed by atoms with E-state index < -0.39 is 11.5 Å². The first kappa shape index (κ1) is 15.9. The van der Waals surface area contributed by atoms with Gasteiger partial charge >= 0.3 is 5.97 Å². The first-order chi connectivity index (χ1) is 9.21. The Hall–Kier alpha value is -2.11. The summed E-state index contributed by atoms with van der Waals surface area (Å²) < 4.78 is 0. The van der Waals surface area contributed by atoms with E-state index in [9.17, 15) is 14.7 Å². The van der Waals surface area contributed by atoms with Crippen LogP contribution in [0, 0.1) is 0 Å². The standard InChI is InChI=1S/C14H21N3O3/c1-6-17(14(2,3)13(19)20)11-8-7-10(9-15-11)12(18)16(4)5/h7-9H,6H2,1-5H3,(H,19,20). The number of aliphatic carboxylic acids is 1. The van der Waals surface area contributed by atoms with Crippen LogP contribution in [0.2, 0.25) is 0 Å². The minimum atomic E-state index is -1.06. The van der Waals surface area contributed by atoms with Crippen LogP contribution < -0.4 is 4.90 Å². The summed E-state index contributed by atoms with van der Waals surface area (Å²) in [7, 11) is 3.34. The van der Waals surface area contributed by atoms with Crippen molar-refractivity contribution in [3.05, 3.63) is 23.9 Å². The van der Waals surface area contributed by atoms with Gasteiger partial charge in [-0.15, -0.1) is 0 Å². The number of hydrogen-bond acceptors (Lipinski definition) is 4. The van der Waals surface area contributed by atoms with Gasteiger partial charge in [0.25, 0.3) is 5.91 Å². The maximum atomic E-state index is 11.8. The van der Waals surface area contributed by atoms with Crippen LogP contribution in [0.25, 0.3) is 0 Å². The molecule has 0 aliphatic heterocycles. The Kier molecular flexibility index (Phi) is 4.70. The van der Waals surface area contributed by atoms with E-state index >= 15 is 0 Å². The number of likely N-dealkylation sites (N-methyl/N-ethyl adjacent to an activating group) is 1. The second-order valence-corrected chi connectivity index (χ2v) is 5.21. The topological polar surface area (TPSA) is 73.7 Å². The molecule has 0 aliphatic carbocycles. The Morgan fingerprint density at radius 2 is 1.90 bits per heavy atom. The van der Waals surface area contributed by atoms with E-state index in [0.717, 1.165) is 0 Å². The van der Waals surface area contributed by atoms with Crippen LogP contribution in [0.3, 0.4) is 0 Å². The number of rotatable bonds is 5. The fourth-order valence-electron chi connectivity index (χ4n) is 1.89. The number of anilines is 1. The smallest absolute Gasteiger partial charge is 0.328 e. The van der Waals surface area contributed by atoms with Crippen molar-refractivity contribution in [2.75, 3.05) is 25.5 Å². The van der Waals surface area contributed by atoms with Crippen LogP contribution in [0.5, 0.6) is 0 Å². The number of amides is 1. The summed E-state index contributed by atoms with van der Waals surface area (Å²) in [6.45, 7) is 5.62. The Morgan fingerprint density at radius 3 is 2.25 bits per heavy atom. The van der Waals surface area contributed by atoms with Crippen molar-refractivity contribution >= 4 is 17.7 Å². The molecule has 0 saturated carbocycles. The maximum Gasteiger partial charge on any atom is 0.328 e. The van der Waals surface area contributed by atoms with E-state index in [1.807, 2.05) is 6.92 Å². The number of carbonyl (C=O) groups excluding carboxylic acids is 1. The molecule has 110 valence electrons. The van der Waals surface area contributed by atoms with Crippen LogP contribution in [0.1, 0.15) is 31.1 Å². The Bertz CT molecular complexity index is 495. The van der Waals surface area contributed by atoms with Crippen molar-refractivity contribution in [1.29, 1.82) is 0 Å². The zero-order valence-corrected chi connectivity index (χ0v) is 12.5. The van der Waals surface area contributed by atoms with Crippen molar-refractivity contribution in [3.63, 3.8) is 0 Å². The second-order valence-electron chi connectivity index (χ2n) is 5.21. The van der Waals surface area contributed by atoms with Crippen LogP contribution in [-0.2, 0) is 4.79 Å². The maximum absolute atomic E-state index is 11.8. The average molecular weight is 279 g/mol. The van der Waals surface area contributed by atoms with Crippen LogP contribution in [0.15, 0.2) is 18.3 Å². The number of nitrogens with zero attached hydrogens (tertiary/aromatic N) is 3. The molecule has 20 heavy (non-hydrogen) atoms. The van der Waals surface area contributed by atoms with Crippen molar-refractivity contribution in [1.82, 2.24) is 9.88 Å². The molecule has 1 amide bonds. The molecule has 0 radical (unpaired) electrons. The van der Waals surface area contributed by atoms with Crippen LogP contribution in [0.4, 0.5) is 5.82 Å². The van der Waals surface area contributed by atoms with E-state index in [1.54, 1.807) is 45.0 Å². The zero-order valence-electron chi connectivity index (χ0n) is 12.5. The van der Waals surface area contributed by atoms with Gasteiger partial charge in [-0.05, 0) is 32.9 Å².